The lowest BCUT2D eigenvalue weighted by atomic mass is 10.1. The Balaban J connectivity index is 2.39. The smallest absolute Gasteiger partial charge is 0.294 e. The summed E-state index contributed by atoms with van der Waals surface area (Å²) in [4.78, 5) is 24.6. The lowest BCUT2D eigenvalue weighted by Crippen LogP contribution is -2.41. The molecule has 1 aliphatic rings. The molecule has 0 saturated carbocycles. The number of piperidine rings is 1. The minimum Gasteiger partial charge on any atom is -0.306 e. The molecule has 1 aromatic rings. The second-order valence-electron chi connectivity index (χ2n) is 3.91. The van der Waals surface area contributed by atoms with Gasteiger partial charge in [-0.2, -0.15) is 0 Å². The predicted molar refractivity (Wildman–Crippen MR) is 62.8 cm³/mol. The molecule has 0 unspecified atom stereocenters. The molecule has 16 heavy (non-hydrogen) atoms. The van der Waals surface area contributed by atoms with Crippen molar-refractivity contribution in [3.05, 3.63) is 28.8 Å². The molecule has 1 amide bonds. The number of anilines is 1. The van der Waals surface area contributed by atoms with Crippen molar-refractivity contribution in [2.24, 2.45) is 0 Å². The summed E-state index contributed by atoms with van der Waals surface area (Å²) in [5, 5.41) is 0.575. The topological polar surface area (TPSA) is 37.4 Å². The molecule has 1 aliphatic heterocycles. The third-order valence-corrected chi connectivity index (χ3v) is 2.97. The number of amides is 1. The fourth-order valence-electron chi connectivity index (χ4n) is 1.86. The van der Waals surface area contributed by atoms with Crippen LogP contribution in [0, 0.1) is 6.92 Å². The first-order chi connectivity index (χ1) is 7.59. The lowest BCUT2D eigenvalue weighted by molar-refractivity contribution is -0.137. The van der Waals surface area contributed by atoms with E-state index < -0.39 is 5.91 Å². The van der Waals surface area contributed by atoms with Crippen molar-refractivity contribution >= 4 is 29.0 Å². The van der Waals surface area contributed by atoms with E-state index in [0.717, 1.165) is 17.7 Å². The van der Waals surface area contributed by atoms with E-state index in [4.69, 9.17) is 11.6 Å². The quantitative estimate of drug-likeness (QED) is 0.703. The van der Waals surface area contributed by atoms with Gasteiger partial charge in [0.1, 0.15) is 0 Å². The van der Waals surface area contributed by atoms with Gasteiger partial charge in [0.15, 0.2) is 0 Å². The van der Waals surface area contributed by atoms with E-state index in [-0.39, 0.29) is 5.78 Å². The minimum absolute atomic E-state index is 0.314. The summed E-state index contributed by atoms with van der Waals surface area (Å²) in [6.07, 6.45) is 1.07. The largest absolute Gasteiger partial charge is 0.306 e. The molecule has 0 aliphatic carbocycles. The molecule has 84 valence electrons. The summed E-state index contributed by atoms with van der Waals surface area (Å²) in [5.74, 6) is -0.734. The Kier molecular flexibility index (Phi) is 2.97. The van der Waals surface area contributed by atoms with Crippen LogP contribution in [-0.2, 0) is 9.59 Å². The molecular weight excluding hydrogens is 226 g/mol. The van der Waals surface area contributed by atoms with Crippen LogP contribution in [0.25, 0.3) is 0 Å². The van der Waals surface area contributed by atoms with Crippen LogP contribution in [0.4, 0.5) is 5.69 Å². The molecule has 1 aromatic carbocycles. The van der Waals surface area contributed by atoms with Crippen LogP contribution in [0.3, 0.4) is 0 Å². The number of benzene rings is 1. The highest BCUT2D eigenvalue weighted by atomic mass is 35.5. The van der Waals surface area contributed by atoms with Gasteiger partial charge < -0.3 is 4.90 Å². The average molecular weight is 238 g/mol. The van der Waals surface area contributed by atoms with Gasteiger partial charge in [0, 0.05) is 23.7 Å². The zero-order valence-electron chi connectivity index (χ0n) is 9.00. The van der Waals surface area contributed by atoms with Gasteiger partial charge in [-0.15, -0.1) is 0 Å². The Morgan fingerprint density at radius 2 is 2.06 bits per heavy atom. The monoisotopic (exact) mass is 237 g/mol. The summed E-state index contributed by atoms with van der Waals surface area (Å²) in [6.45, 7) is 2.49. The molecule has 1 saturated heterocycles. The van der Waals surface area contributed by atoms with Crippen molar-refractivity contribution in [1.82, 2.24) is 0 Å². The molecule has 0 atom stereocenters. The zero-order valence-corrected chi connectivity index (χ0v) is 9.75. The van der Waals surface area contributed by atoms with Gasteiger partial charge in [-0.1, -0.05) is 17.7 Å². The summed E-state index contributed by atoms with van der Waals surface area (Å²) in [5.41, 5.74) is 1.69. The second kappa shape index (κ2) is 4.26. The Bertz CT molecular complexity index is 456. The van der Waals surface area contributed by atoms with E-state index in [9.17, 15) is 9.59 Å². The maximum Gasteiger partial charge on any atom is 0.294 e. The first-order valence-corrected chi connectivity index (χ1v) is 5.58. The zero-order chi connectivity index (χ0) is 11.7. The highest BCUT2D eigenvalue weighted by Crippen LogP contribution is 2.26. The molecule has 0 N–H and O–H groups in total. The van der Waals surface area contributed by atoms with E-state index in [0.29, 0.717) is 18.0 Å². The molecule has 0 spiro atoms. The Morgan fingerprint density at radius 1 is 1.31 bits per heavy atom. The van der Waals surface area contributed by atoms with Crippen LogP contribution in [0.15, 0.2) is 18.2 Å². The van der Waals surface area contributed by atoms with Gasteiger partial charge in [-0.05, 0) is 31.0 Å². The van der Waals surface area contributed by atoms with Crippen molar-refractivity contribution in [1.29, 1.82) is 0 Å². The van der Waals surface area contributed by atoms with Crippen LogP contribution in [-0.4, -0.2) is 18.2 Å². The number of carbonyl (C=O) groups excluding carboxylic acids is 2. The lowest BCUT2D eigenvalue weighted by Gasteiger charge is -2.27. The maximum atomic E-state index is 11.7. The number of nitrogens with zero attached hydrogens (tertiary/aromatic N) is 1. The van der Waals surface area contributed by atoms with Crippen LogP contribution >= 0.6 is 11.6 Å². The van der Waals surface area contributed by atoms with E-state index in [1.807, 2.05) is 13.0 Å². The van der Waals surface area contributed by atoms with Gasteiger partial charge in [0.25, 0.3) is 5.91 Å². The van der Waals surface area contributed by atoms with Crippen LogP contribution in [0.2, 0.25) is 5.02 Å². The number of rotatable bonds is 1. The maximum absolute atomic E-state index is 11.7. The molecule has 2 rings (SSSR count). The molecule has 0 bridgehead atoms. The summed E-state index contributed by atoms with van der Waals surface area (Å²) < 4.78 is 0. The van der Waals surface area contributed by atoms with Crippen LogP contribution < -0.4 is 4.90 Å². The van der Waals surface area contributed by atoms with Gasteiger partial charge in [0.2, 0.25) is 5.78 Å². The van der Waals surface area contributed by atoms with E-state index in [1.54, 1.807) is 12.1 Å². The molecule has 1 heterocycles. The summed E-state index contributed by atoms with van der Waals surface area (Å²) in [7, 11) is 0. The number of ketones is 1. The van der Waals surface area contributed by atoms with E-state index in [1.165, 1.54) is 4.90 Å². The molecule has 3 nitrogen and oxygen atoms in total. The van der Waals surface area contributed by atoms with Crippen LogP contribution in [0.5, 0.6) is 0 Å². The van der Waals surface area contributed by atoms with E-state index in [2.05, 4.69) is 0 Å². The van der Waals surface area contributed by atoms with Gasteiger partial charge >= 0.3 is 0 Å². The number of halogens is 1. The van der Waals surface area contributed by atoms with Gasteiger partial charge in [-0.3, -0.25) is 9.59 Å². The third kappa shape index (κ3) is 1.95. The van der Waals surface area contributed by atoms with Crippen molar-refractivity contribution in [3.8, 4) is 0 Å². The van der Waals surface area contributed by atoms with Crippen LogP contribution in [0.1, 0.15) is 18.4 Å². The number of aryl methyl sites for hydroxylation is 1. The molecular formula is C12H12ClNO2. The predicted octanol–water partition coefficient (Wildman–Crippen LogP) is 2.34. The number of hydrogen-bond acceptors (Lipinski definition) is 2. The summed E-state index contributed by atoms with van der Waals surface area (Å²) in [6, 6.07) is 5.36. The van der Waals surface area contributed by atoms with E-state index >= 15 is 0 Å². The molecule has 1 fully saturated rings. The number of hydrogen-bond donors (Lipinski definition) is 0. The fraction of sp³-hybridized carbons (Fsp3) is 0.333. The first kappa shape index (κ1) is 11.1. The molecule has 4 heteroatoms. The number of carbonyl (C=O) groups is 2. The Morgan fingerprint density at radius 3 is 2.81 bits per heavy atom. The van der Waals surface area contributed by atoms with Crippen molar-refractivity contribution in [3.63, 3.8) is 0 Å². The van der Waals surface area contributed by atoms with Gasteiger partial charge in [0.05, 0.1) is 0 Å². The Labute approximate surface area is 99.0 Å². The minimum atomic E-state index is -0.420. The number of Topliss-reactive ketones (excluding diaryl/α,β-unsaturated/α-hetero) is 1. The Hall–Kier alpha value is -1.35. The normalized spacial score (nSPS) is 16.8. The second-order valence-corrected chi connectivity index (χ2v) is 4.35. The highest BCUT2D eigenvalue weighted by molar-refractivity contribution is 6.42. The summed E-state index contributed by atoms with van der Waals surface area (Å²) >= 11 is 5.90. The van der Waals surface area contributed by atoms with Crippen molar-refractivity contribution in [2.75, 3.05) is 11.4 Å². The van der Waals surface area contributed by atoms with Crippen molar-refractivity contribution < 1.29 is 9.59 Å². The SMILES string of the molecule is Cc1ccc(Cl)cc1N1CCCC(=O)C1=O. The average Bonchev–Trinajstić information content (AvgIpc) is 2.26. The van der Waals surface area contributed by atoms with Gasteiger partial charge in [-0.25, -0.2) is 0 Å². The van der Waals surface area contributed by atoms with Crippen molar-refractivity contribution in [2.45, 2.75) is 19.8 Å². The fourth-order valence-corrected chi connectivity index (χ4v) is 2.03. The standard InChI is InChI=1S/C12H12ClNO2/c1-8-4-5-9(13)7-10(8)14-6-2-3-11(15)12(14)16/h4-5,7H,2-3,6H2,1H3. The highest BCUT2D eigenvalue weighted by Gasteiger charge is 2.28. The first-order valence-electron chi connectivity index (χ1n) is 5.20. The molecule has 0 aromatic heterocycles. The molecule has 0 radical (unpaired) electrons. The third-order valence-electron chi connectivity index (χ3n) is 2.73.